The molecule has 0 unspecified atom stereocenters. The number of fused-ring (bicyclic) bond motifs is 5. The van der Waals surface area contributed by atoms with E-state index in [2.05, 4.69) is 16.8 Å². The maximum Gasteiger partial charge on any atom is 0.133 e. The van der Waals surface area contributed by atoms with Crippen LogP contribution in [0.15, 0.2) is 6.20 Å². The van der Waals surface area contributed by atoms with Gasteiger partial charge in [-0.05, 0) is 56.1 Å². The summed E-state index contributed by atoms with van der Waals surface area (Å²) in [6.07, 6.45) is 12.9. The van der Waals surface area contributed by atoms with Crippen molar-refractivity contribution in [3.63, 3.8) is 0 Å². The average Bonchev–Trinajstić information content (AvgIpc) is 3.33. The van der Waals surface area contributed by atoms with Gasteiger partial charge < -0.3 is 4.90 Å². The zero-order valence-electron chi connectivity index (χ0n) is 15.6. The van der Waals surface area contributed by atoms with E-state index < -0.39 is 0 Å². The third kappa shape index (κ3) is 2.68. The smallest absolute Gasteiger partial charge is 0.133 e. The van der Waals surface area contributed by atoms with Gasteiger partial charge in [-0.2, -0.15) is 0 Å². The summed E-state index contributed by atoms with van der Waals surface area (Å²) in [7, 11) is 0. The lowest BCUT2D eigenvalue weighted by Gasteiger charge is -2.25. The Balaban J connectivity index is 1.72. The molecule has 3 aromatic rings. The first-order valence-electron chi connectivity index (χ1n) is 10.2. The minimum atomic E-state index is 0.977. The fourth-order valence-electron chi connectivity index (χ4n) is 4.51. The Bertz CT molecular complexity index is 956. The van der Waals surface area contributed by atoms with E-state index >= 15 is 0 Å². The van der Waals surface area contributed by atoms with Crippen LogP contribution in [0.2, 0.25) is 0 Å². The van der Waals surface area contributed by atoms with E-state index in [0.717, 1.165) is 37.3 Å². The van der Waals surface area contributed by atoms with Crippen molar-refractivity contribution in [1.82, 2.24) is 15.0 Å². The second-order valence-electron chi connectivity index (χ2n) is 7.68. The third-order valence-electron chi connectivity index (χ3n) is 5.87. The number of aromatic nitrogens is 3. The topological polar surface area (TPSA) is 41.9 Å². The summed E-state index contributed by atoms with van der Waals surface area (Å²) in [6, 6.07) is 0. The lowest BCUT2D eigenvalue weighted by molar-refractivity contribution is 0.684. The maximum absolute atomic E-state index is 5.18. The summed E-state index contributed by atoms with van der Waals surface area (Å²) < 4.78 is 1.19. The average molecular weight is 367 g/mol. The van der Waals surface area contributed by atoms with E-state index in [1.54, 1.807) is 11.3 Å². The molecule has 4 heterocycles. The molecule has 0 spiro atoms. The van der Waals surface area contributed by atoms with Gasteiger partial charge in [0.1, 0.15) is 16.5 Å². The molecule has 3 aromatic heterocycles. The highest BCUT2D eigenvalue weighted by Crippen LogP contribution is 2.41. The Kier molecular flexibility index (Phi) is 4.27. The molecule has 5 heteroatoms. The lowest BCUT2D eigenvalue weighted by atomic mass is 9.90. The normalized spacial score (nSPS) is 17.3. The summed E-state index contributed by atoms with van der Waals surface area (Å²) in [4.78, 5) is 18.5. The molecule has 0 aromatic carbocycles. The first kappa shape index (κ1) is 16.4. The minimum absolute atomic E-state index is 0.977. The summed E-state index contributed by atoms with van der Waals surface area (Å²) in [5.74, 6) is 2.27. The molecule has 1 fully saturated rings. The summed E-state index contributed by atoms with van der Waals surface area (Å²) in [5.41, 5.74) is 4.21. The number of nitrogens with zero attached hydrogens (tertiary/aromatic N) is 4. The van der Waals surface area contributed by atoms with E-state index in [0.29, 0.717) is 0 Å². The van der Waals surface area contributed by atoms with Crippen LogP contribution in [-0.2, 0) is 19.3 Å². The third-order valence-corrected chi connectivity index (χ3v) is 6.88. The first-order valence-corrected chi connectivity index (χ1v) is 11.0. The fraction of sp³-hybridized carbons (Fsp3) is 0.571. The first-order chi connectivity index (χ1) is 12.8. The Hall–Kier alpha value is -1.75. The molecule has 0 saturated carbocycles. The van der Waals surface area contributed by atoms with E-state index in [-0.39, 0.29) is 0 Å². The van der Waals surface area contributed by atoms with Crippen molar-refractivity contribution in [2.75, 3.05) is 18.0 Å². The summed E-state index contributed by atoms with van der Waals surface area (Å²) in [5, 5.41) is 1.34. The SMILES string of the molecule is CCCCc1ncc2sc3nc(N4CCCC4)c4c(c3c2n1)CCCC4. The van der Waals surface area contributed by atoms with Crippen molar-refractivity contribution in [2.45, 2.75) is 64.7 Å². The van der Waals surface area contributed by atoms with Crippen LogP contribution in [0.5, 0.6) is 0 Å². The van der Waals surface area contributed by atoms with Crippen LogP contribution < -0.4 is 4.90 Å². The highest BCUT2D eigenvalue weighted by molar-refractivity contribution is 7.25. The highest BCUT2D eigenvalue weighted by Gasteiger charge is 2.26. The number of anilines is 1. The van der Waals surface area contributed by atoms with Crippen LogP contribution in [0.4, 0.5) is 5.82 Å². The van der Waals surface area contributed by atoms with Crippen molar-refractivity contribution in [2.24, 2.45) is 0 Å². The molecule has 5 rings (SSSR count). The molecule has 4 nitrogen and oxygen atoms in total. The molecule has 0 atom stereocenters. The summed E-state index contributed by atoms with van der Waals surface area (Å²) in [6.45, 7) is 4.55. The highest BCUT2D eigenvalue weighted by atomic mass is 32.1. The predicted molar refractivity (Wildman–Crippen MR) is 109 cm³/mol. The van der Waals surface area contributed by atoms with Crippen LogP contribution in [0, 0.1) is 0 Å². The van der Waals surface area contributed by atoms with Crippen LogP contribution in [0.3, 0.4) is 0 Å². The standard InChI is InChI=1S/C21H26N4S/c1-2-3-10-17-22-13-16-19(23-17)18-14-8-4-5-9-15(14)20(24-21(18)26-16)25-11-6-7-12-25/h13H,2-12H2,1H3. The van der Waals surface area contributed by atoms with Crippen LogP contribution in [0.1, 0.15) is 62.4 Å². The van der Waals surface area contributed by atoms with E-state index in [1.165, 1.54) is 76.8 Å². The second-order valence-corrected chi connectivity index (χ2v) is 8.71. The number of aryl methyl sites for hydroxylation is 2. The molecular formula is C21H26N4S. The van der Waals surface area contributed by atoms with Gasteiger partial charge in [0.15, 0.2) is 0 Å². The van der Waals surface area contributed by atoms with Gasteiger partial charge in [-0.1, -0.05) is 13.3 Å². The number of rotatable bonds is 4. The van der Waals surface area contributed by atoms with Gasteiger partial charge in [-0.15, -0.1) is 11.3 Å². The van der Waals surface area contributed by atoms with Gasteiger partial charge in [0.25, 0.3) is 0 Å². The molecule has 0 N–H and O–H groups in total. The zero-order valence-corrected chi connectivity index (χ0v) is 16.4. The van der Waals surface area contributed by atoms with Gasteiger partial charge in [0, 0.05) is 31.1 Å². The maximum atomic E-state index is 5.18. The number of unbranched alkanes of at least 4 members (excludes halogenated alkanes) is 1. The van der Waals surface area contributed by atoms with Gasteiger partial charge in [-0.3, -0.25) is 0 Å². The predicted octanol–water partition coefficient (Wildman–Crippen LogP) is 5.06. The zero-order chi connectivity index (χ0) is 17.5. The van der Waals surface area contributed by atoms with Gasteiger partial charge in [0.05, 0.1) is 10.2 Å². The molecule has 0 amide bonds. The Labute approximate surface area is 158 Å². The van der Waals surface area contributed by atoms with Crippen molar-refractivity contribution < 1.29 is 0 Å². The molecule has 136 valence electrons. The van der Waals surface area contributed by atoms with E-state index in [9.17, 15) is 0 Å². The van der Waals surface area contributed by atoms with Crippen LogP contribution in [-0.4, -0.2) is 28.0 Å². The minimum Gasteiger partial charge on any atom is -0.356 e. The quantitative estimate of drug-likeness (QED) is 0.647. The Morgan fingerprint density at radius 2 is 1.85 bits per heavy atom. The lowest BCUT2D eigenvalue weighted by Crippen LogP contribution is -2.22. The van der Waals surface area contributed by atoms with Gasteiger partial charge >= 0.3 is 0 Å². The van der Waals surface area contributed by atoms with Gasteiger partial charge in [-0.25, -0.2) is 15.0 Å². The number of pyridine rings is 1. The van der Waals surface area contributed by atoms with Crippen molar-refractivity contribution in [1.29, 1.82) is 0 Å². The molecule has 26 heavy (non-hydrogen) atoms. The molecule has 1 saturated heterocycles. The molecule has 2 aliphatic rings. The molecule has 0 bridgehead atoms. The summed E-state index contributed by atoms with van der Waals surface area (Å²) >= 11 is 1.78. The van der Waals surface area contributed by atoms with Crippen molar-refractivity contribution in [3.05, 3.63) is 23.1 Å². The van der Waals surface area contributed by atoms with E-state index in [1.807, 2.05) is 6.20 Å². The molecule has 1 aliphatic carbocycles. The largest absolute Gasteiger partial charge is 0.356 e. The number of hydrogen-bond acceptors (Lipinski definition) is 5. The number of thiophene rings is 1. The van der Waals surface area contributed by atoms with Crippen molar-refractivity contribution in [3.8, 4) is 0 Å². The Morgan fingerprint density at radius 3 is 2.65 bits per heavy atom. The molecule has 0 radical (unpaired) electrons. The Morgan fingerprint density at radius 1 is 1.04 bits per heavy atom. The van der Waals surface area contributed by atoms with Crippen LogP contribution in [0.25, 0.3) is 20.4 Å². The fourth-order valence-corrected chi connectivity index (χ4v) is 5.52. The molecular weight excluding hydrogens is 340 g/mol. The van der Waals surface area contributed by atoms with Crippen LogP contribution >= 0.6 is 11.3 Å². The van der Waals surface area contributed by atoms with E-state index in [4.69, 9.17) is 9.97 Å². The second kappa shape index (κ2) is 6.76. The van der Waals surface area contributed by atoms with Crippen molar-refractivity contribution >= 4 is 37.6 Å². The molecule has 1 aliphatic heterocycles. The van der Waals surface area contributed by atoms with Gasteiger partial charge in [0.2, 0.25) is 0 Å². The number of hydrogen-bond donors (Lipinski definition) is 0. The monoisotopic (exact) mass is 366 g/mol.